The van der Waals surface area contributed by atoms with Crippen LogP contribution < -0.4 is 5.73 Å². The summed E-state index contributed by atoms with van der Waals surface area (Å²) in [6.07, 6.45) is 5.38. The van der Waals surface area contributed by atoms with Crippen LogP contribution in [0.25, 0.3) is 0 Å². The molecule has 1 unspecified atom stereocenters. The van der Waals surface area contributed by atoms with Crippen molar-refractivity contribution in [3.05, 3.63) is 11.4 Å². The normalized spacial score (nSPS) is 19.7. The minimum Gasteiger partial charge on any atom is -0.464 e. The summed E-state index contributed by atoms with van der Waals surface area (Å²) in [6, 6.07) is 0.579. The van der Waals surface area contributed by atoms with Gasteiger partial charge >= 0.3 is 5.97 Å². The number of aromatic nitrogens is 3. The average molecular weight is 295 g/mol. The van der Waals surface area contributed by atoms with E-state index in [0.717, 1.165) is 25.2 Å². The summed E-state index contributed by atoms with van der Waals surface area (Å²) in [4.78, 5) is 14.1. The molecule has 0 radical (unpaired) electrons. The maximum atomic E-state index is 11.7. The number of rotatable bonds is 6. The van der Waals surface area contributed by atoms with Gasteiger partial charge in [-0.3, -0.25) is 0 Å². The highest BCUT2D eigenvalue weighted by atomic mass is 16.5. The van der Waals surface area contributed by atoms with E-state index in [1.165, 1.54) is 26.4 Å². The van der Waals surface area contributed by atoms with E-state index in [9.17, 15) is 4.79 Å². The standard InChI is InChI=1S/C14H25N5O2/c1-18-9-4-3-5-11(18)7-10-19-12(6-8-15)13(16-17-19)14(20)21-2/h11H,3-10,15H2,1-2H3. The quantitative estimate of drug-likeness (QED) is 0.766. The summed E-state index contributed by atoms with van der Waals surface area (Å²) < 4.78 is 6.55. The molecule has 118 valence electrons. The summed E-state index contributed by atoms with van der Waals surface area (Å²) in [5, 5.41) is 8.06. The van der Waals surface area contributed by atoms with Gasteiger partial charge in [0.1, 0.15) is 0 Å². The van der Waals surface area contributed by atoms with Gasteiger partial charge in [0.25, 0.3) is 0 Å². The maximum absolute atomic E-state index is 11.7. The Morgan fingerprint density at radius 3 is 2.95 bits per heavy atom. The van der Waals surface area contributed by atoms with Crippen molar-refractivity contribution in [3.63, 3.8) is 0 Å². The first-order chi connectivity index (χ1) is 10.2. The highest BCUT2D eigenvalue weighted by molar-refractivity contribution is 5.88. The van der Waals surface area contributed by atoms with Gasteiger partial charge in [0.05, 0.1) is 12.8 Å². The van der Waals surface area contributed by atoms with Crippen LogP contribution in [0.5, 0.6) is 0 Å². The lowest BCUT2D eigenvalue weighted by molar-refractivity contribution is 0.0592. The fraction of sp³-hybridized carbons (Fsp3) is 0.786. The van der Waals surface area contributed by atoms with Gasteiger partial charge in [-0.25, -0.2) is 9.48 Å². The smallest absolute Gasteiger partial charge is 0.360 e. The minimum absolute atomic E-state index is 0.292. The maximum Gasteiger partial charge on any atom is 0.360 e. The first kappa shape index (κ1) is 15.9. The first-order valence-corrected chi connectivity index (χ1v) is 7.58. The third-order valence-corrected chi connectivity index (χ3v) is 4.19. The molecular weight excluding hydrogens is 270 g/mol. The summed E-state index contributed by atoms with van der Waals surface area (Å²) in [6.45, 7) is 2.38. The Balaban J connectivity index is 2.05. The van der Waals surface area contributed by atoms with E-state index in [4.69, 9.17) is 10.5 Å². The third-order valence-electron chi connectivity index (χ3n) is 4.19. The van der Waals surface area contributed by atoms with Crippen LogP contribution in [0.2, 0.25) is 0 Å². The lowest BCUT2D eigenvalue weighted by atomic mass is 10.0. The molecule has 7 heteroatoms. The van der Waals surface area contributed by atoms with Crippen LogP contribution in [0.15, 0.2) is 0 Å². The van der Waals surface area contributed by atoms with Crippen LogP contribution in [0.3, 0.4) is 0 Å². The van der Waals surface area contributed by atoms with Crippen LogP contribution in [0.4, 0.5) is 0 Å². The summed E-state index contributed by atoms with van der Waals surface area (Å²) in [7, 11) is 3.52. The number of nitrogens with zero attached hydrogens (tertiary/aromatic N) is 4. The van der Waals surface area contributed by atoms with E-state index in [-0.39, 0.29) is 0 Å². The second kappa shape index (κ2) is 7.51. The fourth-order valence-electron chi connectivity index (χ4n) is 2.93. The zero-order chi connectivity index (χ0) is 15.2. The number of piperidine rings is 1. The molecule has 0 saturated carbocycles. The second-order valence-corrected chi connectivity index (χ2v) is 5.56. The Hall–Kier alpha value is -1.47. The van der Waals surface area contributed by atoms with Crippen molar-refractivity contribution >= 4 is 5.97 Å². The summed E-state index contributed by atoms with van der Waals surface area (Å²) >= 11 is 0. The van der Waals surface area contributed by atoms with Crippen molar-refractivity contribution in [2.75, 3.05) is 27.2 Å². The average Bonchev–Trinajstić information content (AvgIpc) is 2.89. The van der Waals surface area contributed by atoms with Crippen molar-refractivity contribution in [1.29, 1.82) is 0 Å². The minimum atomic E-state index is -0.445. The van der Waals surface area contributed by atoms with Gasteiger partial charge in [-0.05, 0) is 39.4 Å². The van der Waals surface area contributed by atoms with Crippen molar-refractivity contribution in [3.8, 4) is 0 Å². The van der Waals surface area contributed by atoms with Gasteiger partial charge in [-0.15, -0.1) is 5.10 Å². The van der Waals surface area contributed by atoms with E-state index >= 15 is 0 Å². The number of aryl methyl sites for hydroxylation is 1. The molecule has 0 bridgehead atoms. The number of carbonyl (C=O) groups is 1. The van der Waals surface area contributed by atoms with Gasteiger partial charge in [0, 0.05) is 19.0 Å². The van der Waals surface area contributed by atoms with Crippen LogP contribution >= 0.6 is 0 Å². The SMILES string of the molecule is COC(=O)c1nnn(CCC2CCCCN2C)c1CCN. The Labute approximate surface area is 125 Å². The number of ether oxygens (including phenoxy) is 1. The molecule has 2 N–H and O–H groups in total. The molecule has 1 saturated heterocycles. The number of likely N-dealkylation sites (tertiary alicyclic amines) is 1. The molecule has 1 aliphatic rings. The van der Waals surface area contributed by atoms with E-state index in [1.54, 1.807) is 0 Å². The second-order valence-electron chi connectivity index (χ2n) is 5.56. The van der Waals surface area contributed by atoms with Gasteiger partial charge in [0.15, 0.2) is 5.69 Å². The van der Waals surface area contributed by atoms with Crippen molar-refractivity contribution in [2.24, 2.45) is 5.73 Å². The van der Waals surface area contributed by atoms with Gasteiger partial charge in [-0.2, -0.15) is 0 Å². The molecule has 1 atom stereocenters. The monoisotopic (exact) mass is 295 g/mol. The largest absolute Gasteiger partial charge is 0.464 e. The van der Waals surface area contributed by atoms with Crippen LogP contribution in [0.1, 0.15) is 41.9 Å². The lowest BCUT2D eigenvalue weighted by Gasteiger charge is -2.32. The molecule has 1 aliphatic heterocycles. The Bertz CT molecular complexity index is 474. The van der Waals surface area contributed by atoms with E-state index in [1.807, 2.05) is 4.68 Å². The molecular formula is C14H25N5O2. The van der Waals surface area contributed by atoms with Crippen molar-refractivity contribution in [1.82, 2.24) is 19.9 Å². The van der Waals surface area contributed by atoms with Gasteiger partial charge in [0.2, 0.25) is 0 Å². The number of nitrogens with two attached hydrogens (primary N) is 1. The fourth-order valence-corrected chi connectivity index (χ4v) is 2.93. The Morgan fingerprint density at radius 1 is 1.48 bits per heavy atom. The first-order valence-electron chi connectivity index (χ1n) is 7.58. The topological polar surface area (TPSA) is 86.3 Å². The predicted octanol–water partition coefficient (Wildman–Crippen LogP) is 0.440. The van der Waals surface area contributed by atoms with Crippen LogP contribution in [-0.4, -0.2) is 59.2 Å². The molecule has 2 heterocycles. The molecule has 0 amide bonds. The number of methoxy groups -OCH3 is 1. The number of hydrogen-bond donors (Lipinski definition) is 1. The zero-order valence-electron chi connectivity index (χ0n) is 12.9. The Kier molecular flexibility index (Phi) is 5.69. The molecule has 0 aromatic carbocycles. The number of carbonyl (C=O) groups excluding carboxylic acids is 1. The molecule has 0 spiro atoms. The van der Waals surface area contributed by atoms with Crippen LogP contribution in [0, 0.1) is 0 Å². The number of esters is 1. The van der Waals surface area contributed by atoms with Crippen molar-refractivity contribution < 1.29 is 9.53 Å². The zero-order valence-corrected chi connectivity index (χ0v) is 12.9. The van der Waals surface area contributed by atoms with Gasteiger partial charge in [-0.1, -0.05) is 11.6 Å². The molecule has 2 rings (SSSR count). The number of hydrogen-bond acceptors (Lipinski definition) is 6. The van der Waals surface area contributed by atoms with Crippen molar-refractivity contribution in [2.45, 2.75) is 44.7 Å². The van der Waals surface area contributed by atoms with E-state index in [2.05, 4.69) is 22.3 Å². The molecule has 1 fully saturated rings. The third kappa shape index (κ3) is 3.79. The van der Waals surface area contributed by atoms with Gasteiger partial charge < -0.3 is 15.4 Å². The lowest BCUT2D eigenvalue weighted by Crippen LogP contribution is -2.37. The molecule has 0 aliphatic carbocycles. The van der Waals surface area contributed by atoms with Crippen LogP contribution in [-0.2, 0) is 17.7 Å². The van der Waals surface area contributed by atoms with E-state index < -0.39 is 5.97 Å². The Morgan fingerprint density at radius 2 is 2.29 bits per heavy atom. The highest BCUT2D eigenvalue weighted by Gasteiger charge is 2.22. The molecule has 1 aromatic heterocycles. The molecule has 7 nitrogen and oxygen atoms in total. The van der Waals surface area contributed by atoms with E-state index in [0.29, 0.717) is 24.7 Å². The molecule has 21 heavy (non-hydrogen) atoms. The molecule has 1 aromatic rings. The highest BCUT2D eigenvalue weighted by Crippen LogP contribution is 2.19. The predicted molar refractivity (Wildman–Crippen MR) is 79.0 cm³/mol. The summed E-state index contributed by atoms with van der Waals surface area (Å²) in [5.74, 6) is -0.445. The summed E-state index contributed by atoms with van der Waals surface area (Å²) in [5.41, 5.74) is 6.70.